The van der Waals surface area contributed by atoms with Gasteiger partial charge in [-0.05, 0) is 42.6 Å². The third-order valence-electron chi connectivity index (χ3n) is 2.39. The number of nitrogens with one attached hydrogen (secondary N) is 1. The molecule has 0 amide bonds. The van der Waals surface area contributed by atoms with E-state index in [1.54, 1.807) is 6.07 Å². The number of hydrogen-bond donors (Lipinski definition) is 1. The van der Waals surface area contributed by atoms with E-state index in [9.17, 15) is 0 Å². The third-order valence-corrected chi connectivity index (χ3v) is 2.89. The van der Waals surface area contributed by atoms with Crippen LogP contribution in [0.25, 0.3) is 0 Å². The maximum absolute atomic E-state index is 6.11. The van der Waals surface area contributed by atoms with Gasteiger partial charge < -0.3 is 10.1 Å². The van der Waals surface area contributed by atoms with Gasteiger partial charge in [-0.1, -0.05) is 24.6 Å². The molecule has 0 aliphatic rings. The maximum Gasteiger partial charge on any atom is 0.322 e. The molecule has 0 bridgehead atoms. The van der Waals surface area contributed by atoms with E-state index in [1.165, 1.54) is 0 Å². The molecule has 0 saturated carbocycles. The monoisotopic (exact) mass is 312 g/mol. The highest BCUT2D eigenvalue weighted by Crippen LogP contribution is 2.25. The molecule has 106 valence electrons. The summed E-state index contributed by atoms with van der Waals surface area (Å²) in [7, 11) is 0. The number of anilines is 2. The highest BCUT2D eigenvalue weighted by Gasteiger charge is 2.08. The van der Waals surface area contributed by atoms with E-state index >= 15 is 0 Å². The van der Waals surface area contributed by atoms with E-state index in [0.717, 1.165) is 12.0 Å². The molecule has 0 fully saturated rings. The quantitative estimate of drug-likeness (QED) is 0.903. The van der Waals surface area contributed by atoms with Crippen molar-refractivity contribution in [3.05, 3.63) is 34.1 Å². The molecule has 0 aliphatic heterocycles. The standard InChI is InChI=1S/C13H14Cl2N4O/c1-3-6-20-13-18-11(15)17-12(19-13)16-10-7-8(2)4-5-9(10)14/h4-5,7H,3,6H2,1-2H3,(H,16,17,18,19). The summed E-state index contributed by atoms with van der Waals surface area (Å²) in [6.45, 7) is 4.48. The first kappa shape index (κ1) is 14.8. The Bertz CT molecular complexity index is 607. The van der Waals surface area contributed by atoms with Crippen molar-refractivity contribution in [3.8, 4) is 6.01 Å². The van der Waals surface area contributed by atoms with Gasteiger partial charge in [0.2, 0.25) is 11.2 Å². The number of ether oxygens (including phenoxy) is 1. The first-order valence-electron chi connectivity index (χ1n) is 6.16. The molecule has 1 heterocycles. The normalized spacial score (nSPS) is 10.4. The van der Waals surface area contributed by atoms with E-state index in [-0.39, 0.29) is 11.3 Å². The predicted molar refractivity (Wildman–Crippen MR) is 80.1 cm³/mol. The van der Waals surface area contributed by atoms with Crippen molar-refractivity contribution in [3.63, 3.8) is 0 Å². The van der Waals surface area contributed by atoms with Crippen molar-refractivity contribution in [2.45, 2.75) is 20.3 Å². The van der Waals surface area contributed by atoms with Gasteiger partial charge in [0.25, 0.3) is 0 Å². The summed E-state index contributed by atoms with van der Waals surface area (Å²) < 4.78 is 5.35. The van der Waals surface area contributed by atoms with Crippen molar-refractivity contribution in [1.82, 2.24) is 15.0 Å². The second-order valence-electron chi connectivity index (χ2n) is 4.17. The van der Waals surface area contributed by atoms with Crippen molar-refractivity contribution in [2.75, 3.05) is 11.9 Å². The number of aryl methyl sites for hydroxylation is 1. The van der Waals surface area contributed by atoms with E-state index in [1.807, 2.05) is 26.0 Å². The van der Waals surface area contributed by atoms with Gasteiger partial charge in [-0.25, -0.2) is 0 Å². The zero-order valence-electron chi connectivity index (χ0n) is 11.2. The van der Waals surface area contributed by atoms with Crippen LogP contribution in [0, 0.1) is 6.92 Å². The van der Waals surface area contributed by atoms with Crippen LogP contribution in [-0.2, 0) is 0 Å². The van der Waals surface area contributed by atoms with Crippen LogP contribution in [0.15, 0.2) is 18.2 Å². The summed E-state index contributed by atoms with van der Waals surface area (Å²) in [5.74, 6) is 0.295. The van der Waals surface area contributed by atoms with Crippen LogP contribution in [0.2, 0.25) is 10.3 Å². The Morgan fingerprint density at radius 3 is 2.75 bits per heavy atom. The maximum atomic E-state index is 6.11. The molecule has 0 saturated heterocycles. The summed E-state index contributed by atoms with van der Waals surface area (Å²) in [4.78, 5) is 12.0. The number of halogens is 2. The Morgan fingerprint density at radius 2 is 2.00 bits per heavy atom. The van der Waals surface area contributed by atoms with Gasteiger partial charge in [0.05, 0.1) is 17.3 Å². The van der Waals surface area contributed by atoms with Crippen molar-refractivity contribution in [1.29, 1.82) is 0 Å². The minimum absolute atomic E-state index is 0.0670. The van der Waals surface area contributed by atoms with Crippen molar-refractivity contribution in [2.24, 2.45) is 0 Å². The molecular weight excluding hydrogens is 299 g/mol. The van der Waals surface area contributed by atoms with Gasteiger partial charge in [-0.2, -0.15) is 15.0 Å². The number of hydrogen-bond acceptors (Lipinski definition) is 5. The van der Waals surface area contributed by atoms with Crippen LogP contribution < -0.4 is 10.1 Å². The van der Waals surface area contributed by atoms with Crippen LogP contribution in [0.4, 0.5) is 11.6 Å². The number of nitrogens with zero attached hydrogens (tertiary/aromatic N) is 3. The van der Waals surface area contributed by atoms with Crippen LogP contribution in [0.5, 0.6) is 6.01 Å². The van der Waals surface area contributed by atoms with Crippen LogP contribution >= 0.6 is 23.2 Å². The Hall–Kier alpha value is -1.59. The highest BCUT2D eigenvalue weighted by molar-refractivity contribution is 6.33. The summed E-state index contributed by atoms with van der Waals surface area (Å²) >= 11 is 12.0. The van der Waals surface area contributed by atoms with E-state index in [0.29, 0.717) is 23.3 Å². The second-order valence-corrected chi connectivity index (χ2v) is 4.91. The first-order valence-corrected chi connectivity index (χ1v) is 6.91. The molecule has 2 aromatic rings. The molecule has 0 aliphatic carbocycles. The highest BCUT2D eigenvalue weighted by atomic mass is 35.5. The van der Waals surface area contributed by atoms with Crippen LogP contribution in [-0.4, -0.2) is 21.6 Å². The largest absolute Gasteiger partial charge is 0.463 e. The van der Waals surface area contributed by atoms with Crippen LogP contribution in [0.1, 0.15) is 18.9 Å². The lowest BCUT2D eigenvalue weighted by atomic mass is 10.2. The molecule has 0 atom stereocenters. The molecule has 0 radical (unpaired) electrons. The summed E-state index contributed by atoms with van der Waals surface area (Å²) in [5, 5.41) is 3.65. The molecular formula is C13H14Cl2N4O. The molecule has 1 aromatic heterocycles. The number of benzene rings is 1. The lowest BCUT2D eigenvalue weighted by Crippen LogP contribution is -2.05. The molecule has 2 rings (SSSR count). The topological polar surface area (TPSA) is 59.9 Å². The minimum atomic E-state index is 0.0670. The Morgan fingerprint density at radius 1 is 1.20 bits per heavy atom. The van der Waals surface area contributed by atoms with Gasteiger partial charge in [0.15, 0.2) is 0 Å². The first-order chi connectivity index (χ1) is 9.58. The Labute approximate surface area is 127 Å². The van der Waals surface area contributed by atoms with Gasteiger partial charge in [0, 0.05) is 0 Å². The second kappa shape index (κ2) is 6.72. The molecule has 7 heteroatoms. The summed E-state index contributed by atoms with van der Waals surface area (Å²) in [5.41, 5.74) is 1.77. The zero-order valence-corrected chi connectivity index (χ0v) is 12.7. The van der Waals surface area contributed by atoms with Gasteiger partial charge in [-0.15, -0.1) is 0 Å². The SMILES string of the molecule is CCCOc1nc(Cl)nc(Nc2cc(C)ccc2Cl)n1. The Kier molecular flexibility index (Phi) is 4.98. The van der Waals surface area contributed by atoms with Gasteiger partial charge in [0.1, 0.15) is 0 Å². The molecule has 1 aromatic carbocycles. The van der Waals surface area contributed by atoms with Crippen LogP contribution in [0.3, 0.4) is 0 Å². The summed E-state index contributed by atoms with van der Waals surface area (Å²) in [6, 6.07) is 5.81. The molecule has 0 spiro atoms. The van der Waals surface area contributed by atoms with Gasteiger partial charge >= 0.3 is 6.01 Å². The summed E-state index contributed by atoms with van der Waals surface area (Å²) in [6.07, 6.45) is 0.857. The number of aromatic nitrogens is 3. The fourth-order valence-electron chi connectivity index (χ4n) is 1.50. The minimum Gasteiger partial charge on any atom is -0.463 e. The average molecular weight is 313 g/mol. The molecule has 0 unspecified atom stereocenters. The zero-order chi connectivity index (χ0) is 14.5. The lowest BCUT2D eigenvalue weighted by molar-refractivity contribution is 0.292. The number of rotatable bonds is 5. The fraction of sp³-hybridized carbons (Fsp3) is 0.308. The van der Waals surface area contributed by atoms with Crippen molar-refractivity contribution >= 4 is 34.8 Å². The Balaban J connectivity index is 2.24. The molecule has 20 heavy (non-hydrogen) atoms. The fourth-order valence-corrected chi connectivity index (χ4v) is 1.82. The van der Waals surface area contributed by atoms with E-state index < -0.39 is 0 Å². The van der Waals surface area contributed by atoms with E-state index in [2.05, 4.69) is 20.3 Å². The molecule has 1 N–H and O–H groups in total. The van der Waals surface area contributed by atoms with Crippen molar-refractivity contribution < 1.29 is 4.74 Å². The van der Waals surface area contributed by atoms with Gasteiger partial charge in [-0.3, -0.25) is 0 Å². The molecule has 5 nitrogen and oxygen atoms in total. The average Bonchev–Trinajstić information content (AvgIpc) is 2.40. The van der Waals surface area contributed by atoms with E-state index in [4.69, 9.17) is 27.9 Å². The predicted octanol–water partition coefficient (Wildman–Crippen LogP) is 4.02. The lowest BCUT2D eigenvalue weighted by Gasteiger charge is -2.09. The smallest absolute Gasteiger partial charge is 0.322 e. The third kappa shape index (κ3) is 3.95.